The topological polar surface area (TPSA) is 17.1 Å². The summed E-state index contributed by atoms with van der Waals surface area (Å²) >= 11 is 0. The van der Waals surface area contributed by atoms with Crippen molar-refractivity contribution in [3.63, 3.8) is 0 Å². The first kappa shape index (κ1) is 10.9. The van der Waals surface area contributed by atoms with E-state index in [1.54, 1.807) is 0 Å². The van der Waals surface area contributed by atoms with Gasteiger partial charge in [0.15, 0.2) is 5.78 Å². The van der Waals surface area contributed by atoms with E-state index in [2.05, 4.69) is 20.8 Å². The average molecular weight is 206 g/mol. The number of hydrogen-bond acceptors (Lipinski definition) is 1. The fourth-order valence-electron chi connectivity index (χ4n) is 3.82. The summed E-state index contributed by atoms with van der Waals surface area (Å²) in [5.41, 5.74) is 1.78. The zero-order chi connectivity index (χ0) is 11.1. The third-order valence-electron chi connectivity index (χ3n) is 4.77. The number of hydrogen-bond donors (Lipinski definition) is 0. The van der Waals surface area contributed by atoms with Gasteiger partial charge in [-0.2, -0.15) is 0 Å². The van der Waals surface area contributed by atoms with Gasteiger partial charge in [-0.1, -0.05) is 32.8 Å². The molecular weight excluding hydrogens is 184 g/mol. The van der Waals surface area contributed by atoms with Crippen molar-refractivity contribution in [3.05, 3.63) is 11.6 Å². The maximum Gasteiger partial charge on any atom is 0.155 e. The van der Waals surface area contributed by atoms with Gasteiger partial charge < -0.3 is 0 Å². The average Bonchev–Trinajstić information content (AvgIpc) is 2.20. The van der Waals surface area contributed by atoms with E-state index in [0.717, 1.165) is 31.1 Å². The summed E-state index contributed by atoms with van der Waals surface area (Å²) < 4.78 is 0. The van der Waals surface area contributed by atoms with E-state index in [9.17, 15) is 4.79 Å². The molecule has 15 heavy (non-hydrogen) atoms. The van der Waals surface area contributed by atoms with Crippen LogP contribution in [0, 0.1) is 17.3 Å². The van der Waals surface area contributed by atoms with E-state index in [1.807, 2.05) is 6.08 Å². The minimum atomic E-state index is 0.334. The fourth-order valence-corrected chi connectivity index (χ4v) is 3.82. The summed E-state index contributed by atoms with van der Waals surface area (Å²) in [5.74, 6) is 1.96. The van der Waals surface area contributed by atoms with Crippen LogP contribution in [0.4, 0.5) is 0 Å². The third-order valence-corrected chi connectivity index (χ3v) is 4.77. The van der Waals surface area contributed by atoms with Crippen LogP contribution in [0.2, 0.25) is 0 Å². The molecule has 1 saturated carbocycles. The summed E-state index contributed by atoms with van der Waals surface area (Å²) in [5, 5.41) is 0. The van der Waals surface area contributed by atoms with Crippen LogP contribution < -0.4 is 0 Å². The van der Waals surface area contributed by atoms with Crippen molar-refractivity contribution in [1.29, 1.82) is 0 Å². The summed E-state index contributed by atoms with van der Waals surface area (Å²) in [6.45, 7) is 7.06. The van der Waals surface area contributed by atoms with Gasteiger partial charge in [0, 0.05) is 6.42 Å². The number of fused-ring (bicyclic) bond motifs is 1. The zero-order valence-electron chi connectivity index (χ0n) is 10.2. The summed E-state index contributed by atoms with van der Waals surface area (Å²) in [4.78, 5) is 11.5. The maximum absolute atomic E-state index is 11.5. The first-order valence-electron chi connectivity index (χ1n) is 6.32. The van der Waals surface area contributed by atoms with Crippen molar-refractivity contribution in [1.82, 2.24) is 0 Å². The molecule has 0 aromatic rings. The highest BCUT2D eigenvalue weighted by molar-refractivity contribution is 5.91. The van der Waals surface area contributed by atoms with Crippen LogP contribution in [0.25, 0.3) is 0 Å². The summed E-state index contributed by atoms with van der Waals surface area (Å²) in [7, 11) is 0. The molecule has 0 aromatic heterocycles. The predicted molar refractivity (Wildman–Crippen MR) is 62.6 cm³/mol. The van der Waals surface area contributed by atoms with Gasteiger partial charge in [0.05, 0.1) is 0 Å². The predicted octanol–water partition coefficient (Wildman–Crippen LogP) is 3.74. The standard InChI is InChI=1S/C14H22O/c1-4-13-10(2)5-6-11-9-12(15)7-8-14(11,13)3/h9-10,13H,4-8H2,1-3H3. The fraction of sp³-hybridized carbons (Fsp3) is 0.786. The number of rotatable bonds is 1. The molecule has 1 heteroatoms. The molecule has 2 aliphatic rings. The largest absolute Gasteiger partial charge is 0.295 e. The molecule has 0 saturated heterocycles. The lowest BCUT2D eigenvalue weighted by atomic mass is 9.56. The molecule has 1 nitrogen and oxygen atoms in total. The monoisotopic (exact) mass is 206 g/mol. The van der Waals surface area contributed by atoms with Crippen LogP contribution in [-0.2, 0) is 4.79 Å². The molecule has 0 bridgehead atoms. The highest BCUT2D eigenvalue weighted by Gasteiger charge is 2.44. The van der Waals surface area contributed by atoms with Gasteiger partial charge in [0.2, 0.25) is 0 Å². The van der Waals surface area contributed by atoms with E-state index in [0.29, 0.717) is 11.2 Å². The van der Waals surface area contributed by atoms with Crippen LogP contribution in [0.15, 0.2) is 11.6 Å². The molecule has 0 amide bonds. The second kappa shape index (κ2) is 3.77. The van der Waals surface area contributed by atoms with Crippen molar-refractivity contribution >= 4 is 5.78 Å². The Morgan fingerprint density at radius 3 is 2.87 bits per heavy atom. The molecule has 0 radical (unpaired) electrons. The Morgan fingerprint density at radius 2 is 2.20 bits per heavy atom. The van der Waals surface area contributed by atoms with E-state index >= 15 is 0 Å². The molecular formula is C14H22O. The van der Waals surface area contributed by atoms with E-state index in [-0.39, 0.29) is 0 Å². The van der Waals surface area contributed by atoms with Crippen molar-refractivity contribution in [2.45, 2.75) is 52.9 Å². The molecule has 1 fully saturated rings. The van der Waals surface area contributed by atoms with Crippen LogP contribution in [0.3, 0.4) is 0 Å². The van der Waals surface area contributed by atoms with Crippen molar-refractivity contribution in [3.8, 4) is 0 Å². The van der Waals surface area contributed by atoms with Gasteiger partial charge in [-0.3, -0.25) is 4.79 Å². The Labute approximate surface area is 92.9 Å². The second-order valence-corrected chi connectivity index (χ2v) is 5.58. The smallest absolute Gasteiger partial charge is 0.155 e. The van der Waals surface area contributed by atoms with Crippen LogP contribution in [0.1, 0.15) is 52.9 Å². The Kier molecular flexibility index (Phi) is 2.74. The lowest BCUT2D eigenvalue weighted by molar-refractivity contribution is -0.116. The molecule has 2 aliphatic carbocycles. The molecule has 0 aliphatic heterocycles. The Bertz CT molecular complexity index is 302. The molecule has 3 atom stereocenters. The molecule has 0 N–H and O–H groups in total. The summed E-state index contributed by atoms with van der Waals surface area (Å²) in [6.07, 6.45) is 7.48. The minimum Gasteiger partial charge on any atom is -0.295 e. The zero-order valence-corrected chi connectivity index (χ0v) is 10.2. The minimum absolute atomic E-state index is 0.334. The normalized spacial score (nSPS) is 41.0. The first-order chi connectivity index (χ1) is 7.08. The molecule has 0 heterocycles. The highest BCUT2D eigenvalue weighted by atomic mass is 16.1. The van der Waals surface area contributed by atoms with Crippen molar-refractivity contribution in [2.75, 3.05) is 0 Å². The van der Waals surface area contributed by atoms with Gasteiger partial charge >= 0.3 is 0 Å². The number of carbonyl (C=O) groups excluding carboxylic acids is 1. The van der Waals surface area contributed by atoms with Crippen LogP contribution in [-0.4, -0.2) is 5.78 Å². The van der Waals surface area contributed by atoms with Gasteiger partial charge in [-0.05, 0) is 42.6 Å². The first-order valence-corrected chi connectivity index (χ1v) is 6.32. The van der Waals surface area contributed by atoms with E-state index in [4.69, 9.17) is 0 Å². The quantitative estimate of drug-likeness (QED) is 0.638. The molecule has 84 valence electrons. The van der Waals surface area contributed by atoms with E-state index < -0.39 is 0 Å². The number of carbonyl (C=O) groups is 1. The molecule has 2 rings (SSSR count). The molecule has 0 spiro atoms. The Morgan fingerprint density at radius 1 is 1.47 bits per heavy atom. The van der Waals surface area contributed by atoms with Gasteiger partial charge in [-0.25, -0.2) is 0 Å². The number of ketones is 1. The SMILES string of the molecule is CCC1C(C)CCC2=CC(=O)CCC21C. The van der Waals surface area contributed by atoms with Gasteiger partial charge in [0.1, 0.15) is 0 Å². The molecule has 0 aromatic carbocycles. The van der Waals surface area contributed by atoms with Crippen molar-refractivity contribution < 1.29 is 4.79 Å². The highest BCUT2D eigenvalue weighted by Crippen LogP contribution is 2.53. The van der Waals surface area contributed by atoms with Crippen molar-refractivity contribution in [2.24, 2.45) is 17.3 Å². The van der Waals surface area contributed by atoms with Crippen LogP contribution >= 0.6 is 0 Å². The van der Waals surface area contributed by atoms with Gasteiger partial charge in [0.25, 0.3) is 0 Å². The third kappa shape index (κ3) is 1.66. The second-order valence-electron chi connectivity index (χ2n) is 5.58. The van der Waals surface area contributed by atoms with Gasteiger partial charge in [-0.15, -0.1) is 0 Å². The number of allylic oxidation sites excluding steroid dienone is 2. The summed E-state index contributed by atoms with van der Waals surface area (Å²) in [6, 6.07) is 0. The Hall–Kier alpha value is -0.590. The lowest BCUT2D eigenvalue weighted by Gasteiger charge is -2.48. The maximum atomic E-state index is 11.5. The Balaban J connectivity index is 2.35. The lowest BCUT2D eigenvalue weighted by Crippen LogP contribution is -2.40. The van der Waals surface area contributed by atoms with Crippen LogP contribution in [0.5, 0.6) is 0 Å². The molecule has 3 unspecified atom stereocenters. The van der Waals surface area contributed by atoms with E-state index in [1.165, 1.54) is 18.4 Å².